The SMILES string of the molecule is CCCN(CCC)c1c(OC)c(Nc2ccc(Cl)cc2CC)nc2ccnn12. The van der Waals surface area contributed by atoms with Crippen molar-refractivity contribution in [3.8, 4) is 5.75 Å². The first kappa shape index (κ1) is 20.3. The lowest BCUT2D eigenvalue weighted by Gasteiger charge is -2.27. The Bertz CT molecular complexity index is 934. The summed E-state index contributed by atoms with van der Waals surface area (Å²) >= 11 is 6.17. The van der Waals surface area contributed by atoms with Gasteiger partial charge in [0, 0.05) is 29.9 Å². The van der Waals surface area contributed by atoms with Gasteiger partial charge in [0.1, 0.15) is 0 Å². The number of ether oxygens (including phenoxy) is 1. The first-order valence-corrected chi connectivity index (χ1v) is 10.2. The molecule has 0 saturated carbocycles. The zero-order valence-electron chi connectivity index (χ0n) is 17.0. The Hall–Kier alpha value is -2.47. The van der Waals surface area contributed by atoms with Crippen molar-refractivity contribution in [3.05, 3.63) is 41.0 Å². The van der Waals surface area contributed by atoms with Crippen molar-refractivity contribution in [1.82, 2.24) is 14.6 Å². The number of aryl methyl sites for hydroxylation is 1. The maximum Gasteiger partial charge on any atom is 0.204 e. The summed E-state index contributed by atoms with van der Waals surface area (Å²) in [6.45, 7) is 8.30. The highest BCUT2D eigenvalue weighted by atomic mass is 35.5. The number of nitrogens with zero attached hydrogens (tertiary/aromatic N) is 4. The number of rotatable bonds is 9. The molecule has 3 aromatic rings. The van der Waals surface area contributed by atoms with Crippen molar-refractivity contribution in [1.29, 1.82) is 0 Å². The monoisotopic (exact) mass is 401 g/mol. The van der Waals surface area contributed by atoms with Crippen molar-refractivity contribution in [3.63, 3.8) is 0 Å². The summed E-state index contributed by atoms with van der Waals surface area (Å²) in [4.78, 5) is 7.08. The Morgan fingerprint density at radius 2 is 1.89 bits per heavy atom. The van der Waals surface area contributed by atoms with Crippen LogP contribution >= 0.6 is 11.6 Å². The van der Waals surface area contributed by atoms with Gasteiger partial charge >= 0.3 is 0 Å². The van der Waals surface area contributed by atoms with Gasteiger partial charge in [-0.3, -0.25) is 0 Å². The number of methoxy groups -OCH3 is 1. The van der Waals surface area contributed by atoms with E-state index in [-0.39, 0.29) is 0 Å². The van der Waals surface area contributed by atoms with Crippen molar-refractivity contribution >= 4 is 34.6 Å². The van der Waals surface area contributed by atoms with E-state index in [9.17, 15) is 0 Å². The van der Waals surface area contributed by atoms with Gasteiger partial charge in [0.25, 0.3) is 0 Å². The zero-order valence-corrected chi connectivity index (χ0v) is 17.8. The van der Waals surface area contributed by atoms with Crippen LogP contribution in [0.25, 0.3) is 5.65 Å². The number of hydrogen-bond donors (Lipinski definition) is 1. The predicted molar refractivity (Wildman–Crippen MR) is 116 cm³/mol. The van der Waals surface area contributed by atoms with Crippen LogP contribution in [0.15, 0.2) is 30.5 Å². The highest BCUT2D eigenvalue weighted by Gasteiger charge is 2.22. The number of benzene rings is 1. The van der Waals surface area contributed by atoms with Crippen LogP contribution < -0.4 is 15.0 Å². The highest BCUT2D eigenvalue weighted by Crippen LogP contribution is 2.37. The van der Waals surface area contributed by atoms with Gasteiger partial charge in [0.05, 0.1) is 13.3 Å². The van der Waals surface area contributed by atoms with Crippen LogP contribution in [-0.4, -0.2) is 34.8 Å². The van der Waals surface area contributed by atoms with E-state index >= 15 is 0 Å². The van der Waals surface area contributed by atoms with Crippen LogP contribution in [0.4, 0.5) is 17.3 Å². The molecule has 150 valence electrons. The maximum atomic E-state index is 6.17. The standard InChI is InChI=1S/C21H28ClN5O/c1-5-12-26(13-6-2)21-19(28-4)20(25-18-10-11-23-27(18)21)24-17-9-8-16(22)14-15(17)7-3/h8-11,14H,5-7,12-13H2,1-4H3,(H,24,25). The molecule has 28 heavy (non-hydrogen) atoms. The maximum absolute atomic E-state index is 6.17. The van der Waals surface area contributed by atoms with Crippen molar-refractivity contribution in [2.45, 2.75) is 40.0 Å². The molecule has 0 spiro atoms. The topological polar surface area (TPSA) is 54.7 Å². The Kier molecular flexibility index (Phi) is 6.62. The highest BCUT2D eigenvalue weighted by molar-refractivity contribution is 6.30. The van der Waals surface area contributed by atoms with E-state index in [1.54, 1.807) is 13.3 Å². The molecule has 0 saturated heterocycles. The Labute approximate surface area is 171 Å². The van der Waals surface area contributed by atoms with E-state index in [1.165, 1.54) is 0 Å². The second-order valence-corrected chi connectivity index (χ2v) is 7.12. The first-order chi connectivity index (χ1) is 13.6. The van der Waals surface area contributed by atoms with Crippen LogP contribution in [-0.2, 0) is 6.42 Å². The molecular formula is C21H28ClN5O. The van der Waals surface area contributed by atoms with Gasteiger partial charge in [-0.25, -0.2) is 4.98 Å². The van der Waals surface area contributed by atoms with Gasteiger partial charge in [-0.05, 0) is 43.0 Å². The minimum Gasteiger partial charge on any atom is -0.490 e. The molecule has 0 bridgehead atoms. The lowest BCUT2D eigenvalue weighted by atomic mass is 10.1. The Morgan fingerprint density at radius 1 is 1.14 bits per heavy atom. The third kappa shape index (κ3) is 4.02. The van der Waals surface area contributed by atoms with Crippen LogP contribution in [0.2, 0.25) is 5.02 Å². The van der Waals surface area contributed by atoms with E-state index in [0.29, 0.717) is 11.6 Å². The van der Waals surface area contributed by atoms with E-state index < -0.39 is 0 Å². The summed E-state index contributed by atoms with van der Waals surface area (Å²) in [5.74, 6) is 2.30. The smallest absolute Gasteiger partial charge is 0.204 e. The number of hydrogen-bond acceptors (Lipinski definition) is 5. The molecular weight excluding hydrogens is 374 g/mol. The van der Waals surface area contributed by atoms with Crippen LogP contribution in [0.3, 0.4) is 0 Å². The first-order valence-electron chi connectivity index (χ1n) is 9.84. The number of nitrogens with one attached hydrogen (secondary N) is 1. The molecule has 0 unspecified atom stereocenters. The summed E-state index contributed by atoms with van der Waals surface area (Å²) in [7, 11) is 1.68. The Morgan fingerprint density at radius 3 is 2.54 bits per heavy atom. The van der Waals surface area contributed by atoms with Gasteiger partial charge in [-0.2, -0.15) is 9.61 Å². The quantitative estimate of drug-likeness (QED) is 0.525. The van der Waals surface area contributed by atoms with Crippen molar-refractivity contribution in [2.75, 3.05) is 30.4 Å². The number of anilines is 3. The molecule has 1 aromatic carbocycles. The molecule has 0 aliphatic rings. The van der Waals surface area contributed by atoms with Crippen LogP contribution in [0, 0.1) is 0 Å². The summed E-state index contributed by atoms with van der Waals surface area (Å²) in [5.41, 5.74) is 2.89. The molecule has 0 fully saturated rings. The van der Waals surface area contributed by atoms with Crippen molar-refractivity contribution in [2.24, 2.45) is 0 Å². The fourth-order valence-electron chi connectivity index (χ4n) is 3.43. The molecule has 0 aliphatic heterocycles. The van der Waals surface area contributed by atoms with E-state index in [0.717, 1.165) is 60.1 Å². The minimum atomic E-state index is 0.680. The molecule has 6 nitrogen and oxygen atoms in total. The average Bonchev–Trinajstić information content (AvgIpc) is 3.16. The van der Waals surface area contributed by atoms with E-state index in [1.807, 2.05) is 28.8 Å². The fourth-order valence-corrected chi connectivity index (χ4v) is 3.62. The number of halogens is 1. The van der Waals surface area contributed by atoms with Gasteiger partial charge in [-0.15, -0.1) is 0 Å². The number of fused-ring (bicyclic) bond motifs is 1. The fraction of sp³-hybridized carbons (Fsp3) is 0.429. The molecule has 2 heterocycles. The van der Waals surface area contributed by atoms with Gasteiger partial charge < -0.3 is 15.0 Å². The summed E-state index contributed by atoms with van der Waals surface area (Å²) in [6, 6.07) is 7.76. The molecule has 1 N–H and O–H groups in total. The van der Waals surface area contributed by atoms with Gasteiger partial charge in [0.2, 0.25) is 5.75 Å². The predicted octanol–water partition coefficient (Wildman–Crippen LogP) is 5.32. The molecule has 7 heteroatoms. The zero-order chi connectivity index (χ0) is 20.1. The van der Waals surface area contributed by atoms with Gasteiger partial charge in [0.15, 0.2) is 17.3 Å². The lowest BCUT2D eigenvalue weighted by molar-refractivity contribution is 0.411. The lowest BCUT2D eigenvalue weighted by Crippen LogP contribution is -2.28. The molecule has 0 atom stereocenters. The summed E-state index contributed by atoms with van der Waals surface area (Å²) in [6.07, 6.45) is 4.71. The second-order valence-electron chi connectivity index (χ2n) is 6.69. The van der Waals surface area contributed by atoms with E-state index in [4.69, 9.17) is 21.3 Å². The third-order valence-corrected chi connectivity index (χ3v) is 4.89. The van der Waals surface area contributed by atoms with E-state index in [2.05, 4.69) is 36.1 Å². The molecule has 2 aromatic heterocycles. The summed E-state index contributed by atoms with van der Waals surface area (Å²) < 4.78 is 7.70. The van der Waals surface area contributed by atoms with Crippen LogP contribution in [0.1, 0.15) is 39.2 Å². The Balaban J connectivity index is 2.15. The average molecular weight is 402 g/mol. The normalized spacial score (nSPS) is 11.0. The molecule has 3 rings (SSSR count). The largest absolute Gasteiger partial charge is 0.490 e. The number of aromatic nitrogens is 3. The molecule has 0 radical (unpaired) electrons. The van der Waals surface area contributed by atoms with Crippen molar-refractivity contribution < 1.29 is 4.74 Å². The third-order valence-electron chi connectivity index (χ3n) is 4.66. The van der Waals surface area contributed by atoms with Crippen LogP contribution in [0.5, 0.6) is 5.75 Å². The second kappa shape index (κ2) is 9.15. The molecule has 0 aliphatic carbocycles. The van der Waals surface area contributed by atoms with Gasteiger partial charge in [-0.1, -0.05) is 32.4 Å². The molecule has 0 amide bonds. The minimum absolute atomic E-state index is 0.680. The summed E-state index contributed by atoms with van der Waals surface area (Å²) in [5, 5.41) is 8.69.